The molecule has 1 aliphatic heterocycles. The van der Waals surface area contributed by atoms with Gasteiger partial charge in [0, 0.05) is 20.0 Å². The first-order chi connectivity index (χ1) is 7.61. The fourth-order valence-electron chi connectivity index (χ4n) is 2.55. The van der Waals surface area contributed by atoms with Crippen LogP contribution in [0.1, 0.15) is 45.4 Å². The van der Waals surface area contributed by atoms with E-state index in [1.54, 1.807) is 11.9 Å². The molecule has 4 nitrogen and oxygen atoms in total. The van der Waals surface area contributed by atoms with Crippen molar-refractivity contribution in [2.45, 2.75) is 51.0 Å². The number of rotatable bonds is 3. The minimum Gasteiger partial charge on any atom is -0.388 e. The van der Waals surface area contributed by atoms with Gasteiger partial charge >= 0.3 is 0 Å². The van der Waals surface area contributed by atoms with E-state index in [1.165, 1.54) is 6.42 Å². The summed E-state index contributed by atoms with van der Waals surface area (Å²) in [6.07, 6.45) is 6.33. The van der Waals surface area contributed by atoms with E-state index in [4.69, 9.17) is 0 Å². The summed E-state index contributed by atoms with van der Waals surface area (Å²) < 4.78 is 0. The Morgan fingerprint density at radius 2 is 1.88 bits per heavy atom. The highest BCUT2D eigenvalue weighted by Crippen LogP contribution is 2.33. The third-order valence-electron chi connectivity index (χ3n) is 3.77. The standard InChI is InChI=1S/C12H22N2O2/c1-11(15)14(10-12(16)6-5-7-12)13-8-3-2-4-9-13/h16H,2-10H2,1H3. The average molecular weight is 226 g/mol. The molecular weight excluding hydrogens is 204 g/mol. The summed E-state index contributed by atoms with van der Waals surface area (Å²) in [5.41, 5.74) is -0.608. The molecule has 1 saturated heterocycles. The Hall–Kier alpha value is -0.610. The number of carbonyl (C=O) groups is 1. The molecule has 0 unspecified atom stereocenters. The molecule has 16 heavy (non-hydrogen) atoms. The minimum atomic E-state index is -0.608. The first kappa shape index (κ1) is 11.9. The van der Waals surface area contributed by atoms with E-state index in [1.807, 2.05) is 0 Å². The maximum absolute atomic E-state index is 11.6. The zero-order valence-corrected chi connectivity index (χ0v) is 10.1. The summed E-state index contributed by atoms with van der Waals surface area (Å²) in [4.78, 5) is 11.6. The fraction of sp³-hybridized carbons (Fsp3) is 0.917. The summed E-state index contributed by atoms with van der Waals surface area (Å²) in [5, 5.41) is 14.0. The predicted molar refractivity (Wildman–Crippen MR) is 61.6 cm³/mol. The van der Waals surface area contributed by atoms with Crippen molar-refractivity contribution in [3.05, 3.63) is 0 Å². The van der Waals surface area contributed by atoms with Gasteiger partial charge < -0.3 is 5.11 Å². The van der Waals surface area contributed by atoms with Gasteiger partial charge in [0.25, 0.3) is 0 Å². The van der Waals surface area contributed by atoms with Crippen molar-refractivity contribution in [2.24, 2.45) is 0 Å². The molecule has 1 amide bonds. The highest BCUT2D eigenvalue weighted by atomic mass is 16.3. The zero-order valence-electron chi connectivity index (χ0n) is 10.1. The van der Waals surface area contributed by atoms with Crippen LogP contribution in [0, 0.1) is 0 Å². The number of nitrogens with zero attached hydrogens (tertiary/aromatic N) is 2. The van der Waals surface area contributed by atoms with E-state index < -0.39 is 5.60 Å². The van der Waals surface area contributed by atoms with Gasteiger partial charge in [0.2, 0.25) is 5.91 Å². The molecule has 0 aromatic carbocycles. The Labute approximate surface area is 97.2 Å². The maximum Gasteiger partial charge on any atom is 0.233 e. The maximum atomic E-state index is 11.6. The van der Waals surface area contributed by atoms with Gasteiger partial charge in [0.05, 0.1) is 12.1 Å². The molecule has 1 saturated carbocycles. The lowest BCUT2D eigenvalue weighted by molar-refractivity contribution is -0.164. The van der Waals surface area contributed by atoms with Crippen molar-refractivity contribution in [3.63, 3.8) is 0 Å². The number of hydrogen-bond donors (Lipinski definition) is 1. The number of aliphatic hydroxyl groups is 1. The molecule has 1 aliphatic carbocycles. The summed E-state index contributed by atoms with van der Waals surface area (Å²) in [7, 11) is 0. The van der Waals surface area contributed by atoms with Crippen molar-refractivity contribution in [3.8, 4) is 0 Å². The van der Waals surface area contributed by atoms with E-state index in [0.29, 0.717) is 6.54 Å². The second-order valence-corrected chi connectivity index (χ2v) is 5.17. The van der Waals surface area contributed by atoms with Crippen molar-refractivity contribution in [1.29, 1.82) is 0 Å². The molecule has 0 radical (unpaired) electrons. The van der Waals surface area contributed by atoms with Crippen LogP contribution in [0.4, 0.5) is 0 Å². The van der Waals surface area contributed by atoms with Crippen LogP contribution in [0.25, 0.3) is 0 Å². The van der Waals surface area contributed by atoms with E-state index in [9.17, 15) is 9.90 Å². The van der Waals surface area contributed by atoms with E-state index >= 15 is 0 Å². The predicted octanol–water partition coefficient (Wildman–Crippen LogP) is 1.15. The Balaban J connectivity index is 1.95. The number of amides is 1. The van der Waals surface area contributed by atoms with Gasteiger partial charge in [-0.2, -0.15) is 0 Å². The van der Waals surface area contributed by atoms with Crippen molar-refractivity contribution in [2.75, 3.05) is 19.6 Å². The highest BCUT2D eigenvalue weighted by Gasteiger charge is 2.38. The molecule has 2 fully saturated rings. The number of carbonyl (C=O) groups excluding carboxylic acids is 1. The number of piperidine rings is 1. The topological polar surface area (TPSA) is 43.8 Å². The summed E-state index contributed by atoms with van der Waals surface area (Å²) in [6, 6.07) is 0. The van der Waals surface area contributed by atoms with Gasteiger partial charge in [0.15, 0.2) is 0 Å². The van der Waals surface area contributed by atoms with Crippen LogP contribution in [0.15, 0.2) is 0 Å². The van der Waals surface area contributed by atoms with Gasteiger partial charge in [-0.1, -0.05) is 6.42 Å². The molecule has 0 bridgehead atoms. The quantitative estimate of drug-likeness (QED) is 0.785. The van der Waals surface area contributed by atoms with Crippen LogP contribution in [-0.4, -0.2) is 46.3 Å². The largest absolute Gasteiger partial charge is 0.388 e. The van der Waals surface area contributed by atoms with Crippen molar-refractivity contribution >= 4 is 5.91 Å². The lowest BCUT2D eigenvalue weighted by Gasteiger charge is -2.45. The Morgan fingerprint density at radius 1 is 1.25 bits per heavy atom. The zero-order chi connectivity index (χ0) is 11.6. The molecule has 0 aromatic rings. The summed E-state index contributed by atoms with van der Waals surface area (Å²) in [6.45, 7) is 3.99. The molecule has 0 aromatic heterocycles. The average Bonchev–Trinajstić information content (AvgIpc) is 2.24. The monoisotopic (exact) mass is 226 g/mol. The van der Waals surface area contributed by atoms with Crippen molar-refractivity contribution in [1.82, 2.24) is 10.0 Å². The SMILES string of the molecule is CC(=O)N(CC1(O)CCC1)N1CCCCC1. The van der Waals surface area contributed by atoms with Gasteiger partial charge in [-0.05, 0) is 32.1 Å². The molecule has 2 rings (SSSR count). The van der Waals surface area contributed by atoms with Crippen LogP contribution in [0.3, 0.4) is 0 Å². The minimum absolute atomic E-state index is 0.0576. The van der Waals surface area contributed by atoms with Gasteiger partial charge in [-0.25, -0.2) is 5.01 Å². The van der Waals surface area contributed by atoms with Crippen molar-refractivity contribution < 1.29 is 9.90 Å². The molecule has 1 heterocycles. The summed E-state index contributed by atoms with van der Waals surface area (Å²) >= 11 is 0. The second-order valence-electron chi connectivity index (χ2n) is 5.17. The third-order valence-corrected chi connectivity index (χ3v) is 3.77. The van der Waals surface area contributed by atoms with E-state index in [-0.39, 0.29) is 5.91 Å². The molecule has 92 valence electrons. The first-order valence-corrected chi connectivity index (χ1v) is 6.36. The van der Waals surface area contributed by atoms with Gasteiger partial charge in [-0.3, -0.25) is 9.80 Å². The van der Waals surface area contributed by atoms with E-state index in [0.717, 1.165) is 45.2 Å². The Morgan fingerprint density at radius 3 is 2.31 bits per heavy atom. The molecule has 4 heteroatoms. The Bertz CT molecular complexity index is 258. The Kier molecular flexibility index (Phi) is 3.50. The lowest BCUT2D eigenvalue weighted by Crippen LogP contribution is -2.56. The van der Waals surface area contributed by atoms with E-state index in [2.05, 4.69) is 5.01 Å². The molecule has 0 spiro atoms. The fourth-order valence-corrected chi connectivity index (χ4v) is 2.55. The van der Waals surface area contributed by atoms with Crippen LogP contribution < -0.4 is 0 Å². The van der Waals surface area contributed by atoms with Crippen LogP contribution in [0.5, 0.6) is 0 Å². The summed E-state index contributed by atoms with van der Waals surface area (Å²) in [5.74, 6) is 0.0576. The lowest BCUT2D eigenvalue weighted by atomic mass is 9.80. The molecule has 0 atom stereocenters. The van der Waals surface area contributed by atoms with Crippen LogP contribution >= 0.6 is 0 Å². The van der Waals surface area contributed by atoms with Crippen LogP contribution in [-0.2, 0) is 4.79 Å². The molecule has 1 N–H and O–H groups in total. The van der Waals surface area contributed by atoms with Gasteiger partial charge in [-0.15, -0.1) is 0 Å². The first-order valence-electron chi connectivity index (χ1n) is 6.36. The number of hydrogen-bond acceptors (Lipinski definition) is 3. The smallest absolute Gasteiger partial charge is 0.233 e. The normalized spacial score (nSPS) is 24.9. The molecule has 2 aliphatic rings. The molecular formula is C12H22N2O2. The third kappa shape index (κ3) is 2.55. The highest BCUT2D eigenvalue weighted by molar-refractivity contribution is 5.72. The van der Waals surface area contributed by atoms with Crippen LogP contribution in [0.2, 0.25) is 0 Å². The van der Waals surface area contributed by atoms with Gasteiger partial charge in [0.1, 0.15) is 0 Å². The second kappa shape index (κ2) is 4.72. The number of hydrazine groups is 1.